The van der Waals surface area contributed by atoms with E-state index in [1.165, 1.54) is 11.1 Å². The van der Waals surface area contributed by atoms with Crippen LogP contribution in [0.1, 0.15) is 51.7 Å². The van der Waals surface area contributed by atoms with Crippen LogP contribution in [0.5, 0.6) is 5.75 Å². The molecular formula is C15H24O. The summed E-state index contributed by atoms with van der Waals surface area (Å²) in [5.41, 5.74) is 2.94. The number of rotatable bonds is 0. The van der Waals surface area contributed by atoms with Gasteiger partial charge in [-0.15, -0.1) is 0 Å². The van der Waals surface area contributed by atoms with Gasteiger partial charge in [0.15, 0.2) is 0 Å². The maximum atomic E-state index is 5.77. The van der Waals surface area contributed by atoms with Gasteiger partial charge in [-0.3, -0.25) is 0 Å². The molecule has 1 aliphatic heterocycles. The first kappa shape index (κ1) is 13.1. The van der Waals surface area contributed by atoms with Gasteiger partial charge in [-0.05, 0) is 17.9 Å². The van der Waals surface area contributed by atoms with Crippen molar-refractivity contribution < 1.29 is 4.74 Å². The lowest BCUT2D eigenvalue weighted by atomic mass is 9.77. The fourth-order valence-electron chi connectivity index (χ4n) is 2.12. The fraction of sp³-hybridized carbons (Fsp3) is 0.600. The number of benzene rings is 1. The molecule has 0 saturated heterocycles. The zero-order valence-electron chi connectivity index (χ0n) is 11.4. The Morgan fingerprint density at radius 1 is 1.19 bits per heavy atom. The summed E-state index contributed by atoms with van der Waals surface area (Å²) in [5, 5.41) is 0. The highest BCUT2D eigenvalue weighted by atomic mass is 16.5. The minimum atomic E-state index is 0.291. The molecule has 0 fully saturated rings. The molecule has 0 N–H and O–H groups in total. The van der Waals surface area contributed by atoms with Crippen LogP contribution in [0.25, 0.3) is 0 Å². The average molecular weight is 220 g/mol. The molecule has 0 aliphatic carbocycles. The molecule has 1 heteroatoms. The quantitative estimate of drug-likeness (QED) is 0.623. The molecule has 1 atom stereocenters. The Bertz CT molecular complexity index is 347. The van der Waals surface area contributed by atoms with Crippen molar-refractivity contribution in [1.82, 2.24) is 0 Å². The van der Waals surface area contributed by atoms with Crippen LogP contribution < -0.4 is 4.74 Å². The van der Waals surface area contributed by atoms with Gasteiger partial charge in [0.05, 0.1) is 6.61 Å². The summed E-state index contributed by atoms with van der Waals surface area (Å²) in [5.74, 6) is 1.66. The minimum Gasteiger partial charge on any atom is -0.492 e. The van der Waals surface area contributed by atoms with Crippen molar-refractivity contribution in [1.29, 1.82) is 0 Å². The smallest absolute Gasteiger partial charge is 0.125 e. The molecule has 0 amide bonds. The number of para-hydroxylation sites is 1. The maximum Gasteiger partial charge on any atom is 0.125 e. The summed E-state index contributed by atoms with van der Waals surface area (Å²) < 4.78 is 5.77. The lowest BCUT2D eigenvalue weighted by Gasteiger charge is -2.25. The Morgan fingerprint density at radius 2 is 1.81 bits per heavy atom. The van der Waals surface area contributed by atoms with Gasteiger partial charge in [0.2, 0.25) is 0 Å². The second-order valence-electron chi connectivity index (χ2n) is 5.22. The lowest BCUT2D eigenvalue weighted by Crippen LogP contribution is -2.19. The van der Waals surface area contributed by atoms with Gasteiger partial charge in [0, 0.05) is 11.5 Å². The van der Waals surface area contributed by atoms with Crippen LogP contribution >= 0.6 is 0 Å². The standard InChI is InChI=1S/C13H18O.C2H6/c1-9-6-5-7-10-11(13(2,3)4)8-14-12(9)10;1-2/h5-7,11H,8H2,1-4H3;1-2H3/t11-;/m1./s1. The normalized spacial score (nSPS) is 18.2. The van der Waals surface area contributed by atoms with Crippen LogP contribution in [0, 0.1) is 12.3 Å². The van der Waals surface area contributed by atoms with Crippen LogP contribution in [-0.2, 0) is 0 Å². The fourth-order valence-corrected chi connectivity index (χ4v) is 2.12. The van der Waals surface area contributed by atoms with Gasteiger partial charge >= 0.3 is 0 Å². The zero-order chi connectivity index (χ0) is 12.3. The van der Waals surface area contributed by atoms with Crippen molar-refractivity contribution in [3.8, 4) is 5.75 Å². The van der Waals surface area contributed by atoms with Crippen molar-refractivity contribution in [3.63, 3.8) is 0 Å². The van der Waals surface area contributed by atoms with Crippen molar-refractivity contribution in [3.05, 3.63) is 29.3 Å². The molecule has 0 aromatic heterocycles. The first-order valence-corrected chi connectivity index (χ1v) is 6.22. The third kappa shape index (κ3) is 2.40. The number of hydrogen-bond donors (Lipinski definition) is 0. The average Bonchev–Trinajstić information content (AvgIpc) is 2.65. The van der Waals surface area contributed by atoms with Crippen molar-refractivity contribution in [2.45, 2.75) is 47.5 Å². The molecule has 90 valence electrons. The number of ether oxygens (including phenoxy) is 1. The van der Waals surface area contributed by atoms with E-state index in [0.29, 0.717) is 11.3 Å². The molecule has 2 rings (SSSR count). The second-order valence-corrected chi connectivity index (χ2v) is 5.22. The molecule has 0 spiro atoms. The monoisotopic (exact) mass is 220 g/mol. The van der Waals surface area contributed by atoms with Crippen LogP contribution in [0.2, 0.25) is 0 Å². The molecule has 1 aromatic rings. The van der Waals surface area contributed by atoms with Crippen LogP contribution in [0.4, 0.5) is 0 Å². The third-order valence-corrected chi connectivity index (χ3v) is 3.06. The number of hydrogen-bond acceptors (Lipinski definition) is 1. The molecular weight excluding hydrogens is 196 g/mol. The van der Waals surface area contributed by atoms with Gasteiger partial charge in [-0.2, -0.15) is 0 Å². The molecule has 16 heavy (non-hydrogen) atoms. The highest BCUT2D eigenvalue weighted by Crippen LogP contribution is 2.45. The lowest BCUT2D eigenvalue weighted by molar-refractivity contribution is 0.242. The van der Waals surface area contributed by atoms with Crippen LogP contribution in [0.3, 0.4) is 0 Å². The van der Waals surface area contributed by atoms with E-state index >= 15 is 0 Å². The van der Waals surface area contributed by atoms with Gasteiger partial charge in [0.25, 0.3) is 0 Å². The summed E-state index contributed by atoms with van der Waals surface area (Å²) in [6.07, 6.45) is 0. The highest BCUT2D eigenvalue weighted by molar-refractivity contribution is 5.46. The van der Waals surface area contributed by atoms with E-state index < -0.39 is 0 Å². The van der Waals surface area contributed by atoms with Gasteiger partial charge in [-0.25, -0.2) is 0 Å². The number of aryl methyl sites for hydroxylation is 1. The van der Waals surface area contributed by atoms with Crippen molar-refractivity contribution in [2.24, 2.45) is 5.41 Å². The SMILES string of the molecule is CC.Cc1cccc2c1OC[C@H]2C(C)(C)C. The van der Waals surface area contributed by atoms with Crippen LogP contribution in [-0.4, -0.2) is 6.61 Å². The Hall–Kier alpha value is -0.980. The summed E-state index contributed by atoms with van der Waals surface area (Å²) >= 11 is 0. The predicted octanol–water partition coefficient (Wildman–Crippen LogP) is 4.54. The van der Waals surface area contributed by atoms with Gasteiger partial charge < -0.3 is 4.74 Å². The Morgan fingerprint density at radius 3 is 2.38 bits per heavy atom. The predicted molar refractivity (Wildman–Crippen MR) is 70.2 cm³/mol. The summed E-state index contributed by atoms with van der Waals surface area (Å²) in [6.45, 7) is 13.8. The van der Waals surface area contributed by atoms with Gasteiger partial charge in [-0.1, -0.05) is 52.8 Å². The minimum absolute atomic E-state index is 0.291. The van der Waals surface area contributed by atoms with E-state index in [2.05, 4.69) is 45.9 Å². The first-order valence-electron chi connectivity index (χ1n) is 6.22. The Balaban J connectivity index is 0.000000606. The van der Waals surface area contributed by atoms with E-state index in [-0.39, 0.29) is 0 Å². The topological polar surface area (TPSA) is 9.23 Å². The second kappa shape index (κ2) is 4.90. The summed E-state index contributed by atoms with van der Waals surface area (Å²) in [4.78, 5) is 0. The van der Waals surface area contributed by atoms with Crippen molar-refractivity contribution in [2.75, 3.05) is 6.61 Å². The van der Waals surface area contributed by atoms with E-state index in [1.54, 1.807) is 0 Å². The van der Waals surface area contributed by atoms with E-state index in [1.807, 2.05) is 13.8 Å². The maximum absolute atomic E-state index is 5.77. The molecule has 1 aromatic carbocycles. The van der Waals surface area contributed by atoms with Crippen LogP contribution in [0.15, 0.2) is 18.2 Å². The van der Waals surface area contributed by atoms with E-state index in [0.717, 1.165) is 12.4 Å². The zero-order valence-corrected chi connectivity index (χ0v) is 11.4. The first-order chi connectivity index (χ1) is 7.50. The largest absolute Gasteiger partial charge is 0.492 e. The molecule has 1 aliphatic rings. The number of fused-ring (bicyclic) bond motifs is 1. The molecule has 0 unspecified atom stereocenters. The van der Waals surface area contributed by atoms with E-state index in [4.69, 9.17) is 4.74 Å². The summed E-state index contributed by atoms with van der Waals surface area (Å²) in [7, 11) is 0. The third-order valence-electron chi connectivity index (χ3n) is 3.06. The Kier molecular flexibility index (Phi) is 4.01. The molecule has 1 nitrogen and oxygen atoms in total. The highest BCUT2D eigenvalue weighted by Gasteiger charge is 2.34. The molecule has 0 saturated carbocycles. The molecule has 1 heterocycles. The van der Waals surface area contributed by atoms with Gasteiger partial charge in [0.1, 0.15) is 5.75 Å². The van der Waals surface area contributed by atoms with Crippen molar-refractivity contribution >= 4 is 0 Å². The molecule has 0 radical (unpaired) electrons. The van der Waals surface area contributed by atoms with E-state index in [9.17, 15) is 0 Å². The Labute approximate surface area is 99.8 Å². The molecule has 0 bridgehead atoms. The summed E-state index contributed by atoms with van der Waals surface area (Å²) in [6, 6.07) is 6.44.